The lowest BCUT2D eigenvalue weighted by Gasteiger charge is -2.30. The molecule has 2 aromatic rings. The standard InChI is InChI=1S/C24H32N6O2/c1-3-28(4-2)17-18-9-8-15-29(18)16-14-26-24(32)30-21-12-6-5-10-19(21)23(31)27-20-11-7-13-25-22(20)30/h5-7,10-13,18H,3-4,8-9,14-17H2,1-2H3,(H,26,32)(H,27,31)/t18-/m1/s1. The Bertz CT molecular complexity index is 961. The molecule has 1 saturated heterocycles. The Labute approximate surface area is 189 Å². The van der Waals surface area contributed by atoms with Crippen LogP contribution in [0, 0.1) is 0 Å². The maximum Gasteiger partial charge on any atom is 0.327 e. The molecule has 1 aromatic carbocycles. The second kappa shape index (κ2) is 10.1. The van der Waals surface area contributed by atoms with E-state index < -0.39 is 0 Å². The van der Waals surface area contributed by atoms with Crippen molar-refractivity contribution < 1.29 is 9.59 Å². The average molecular weight is 437 g/mol. The van der Waals surface area contributed by atoms with E-state index in [1.54, 1.807) is 36.5 Å². The van der Waals surface area contributed by atoms with Crippen molar-refractivity contribution in [2.75, 3.05) is 49.5 Å². The van der Waals surface area contributed by atoms with Gasteiger partial charge in [0.1, 0.15) is 0 Å². The molecule has 2 aliphatic rings. The summed E-state index contributed by atoms with van der Waals surface area (Å²) in [5.41, 5.74) is 1.49. The molecule has 2 aliphatic heterocycles. The minimum absolute atomic E-state index is 0.249. The Balaban J connectivity index is 1.47. The monoisotopic (exact) mass is 436 g/mol. The van der Waals surface area contributed by atoms with E-state index in [4.69, 9.17) is 0 Å². The van der Waals surface area contributed by atoms with Gasteiger partial charge in [-0.1, -0.05) is 26.0 Å². The lowest BCUT2D eigenvalue weighted by Crippen LogP contribution is -2.45. The quantitative estimate of drug-likeness (QED) is 0.696. The van der Waals surface area contributed by atoms with Gasteiger partial charge in [0.25, 0.3) is 5.91 Å². The first-order chi connectivity index (χ1) is 15.6. The molecule has 0 bridgehead atoms. The molecule has 0 radical (unpaired) electrons. The van der Waals surface area contributed by atoms with Crippen LogP contribution in [0.5, 0.6) is 0 Å². The maximum absolute atomic E-state index is 13.3. The van der Waals surface area contributed by atoms with Gasteiger partial charge in [-0.05, 0) is 56.7 Å². The number of nitrogens with one attached hydrogen (secondary N) is 2. The van der Waals surface area contributed by atoms with Crippen LogP contribution in [0.3, 0.4) is 0 Å². The summed E-state index contributed by atoms with van der Waals surface area (Å²) in [4.78, 5) is 36.8. The highest BCUT2D eigenvalue weighted by Gasteiger charge is 2.31. The van der Waals surface area contributed by atoms with Crippen molar-refractivity contribution in [3.8, 4) is 0 Å². The van der Waals surface area contributed by atoms with Crippen molar-refractivity contribution in [1.82, 2.24) is 20.1 Å². The third-order valence-electron chi connectivity index (χ3n) is 6.38. The number of hydrogen-bond donors (Lipinski definition) is 2. The molecule has 8 heteroatoms. The summed E-state index contributed by atoms with van der Waals surface area (Å²) in [6, 6.07) is 10.9. The van der Waals surface area contributed by atoms with E-state index in [-0.39, 0.29) is 11.9 Å². The summed E-state index contributed by atoms with van der Waals surface area (Å²) in [5.74, 6) is 0.172. The molecule has 3 heterocycles. The van der Waals surface area contributed by atoms with Crippen molar-refractivity contribution in [1.29, 1.82) is 0 Å². The number of benzene rings is 1. The van der Waals surface area contributed by atoms with Crippen molar-refractivity contribution in [3.05, 3.63) is 48.2 Å². The number of urea groups is 1. The number of amides is 3. The van der Waals surface area contributed by atoms with Crippen molar-refractivity contribution >= 4 is 29.1 Å². The van der Waals surface area contributed by atoms with Crippen LogP contribution in [0.15, 0.2) is 42.6 Å². The van der Waals surface area contributed by atoms with Gasteiger partial charge < -0.3 is 15.5 Å². The van der Waals surface area contributed by atoms with Crippen LogP contribution in [-0.4, -0.2) is 72.0 Å². The number of likely N-dealkylation sites (N-methyl/N-ethyl adjacent to an activating group) is 1. The smallest absolute Gasteiger partial charge is 0.327 e. The largest absolute Gasteiger partial charge is 0.336 e. The molecule has 4 rings (SSSR count). The van der Waals surface area contributed by atoms with Crippen molar-refractivity contribution in [3.63, 3.8) is 0 Å². The van der Waals surface area contributed by atoms with Gasteiger partial charge in [0.2, 0.25) is 0 Å². The fraction of sp³-hybridized carbons (Fsp3) is 0.458. The lowest BCUT2D eigenvalue weighted by molar-refractivity contribution is 0.102. The molecule has 2 N–H and O–H groups in total. The van der Waals surface area contributed by atoms with E-state index in [1.165, 1.54) is 17.7 Å². The Hall–Kier alpha value is -2.97. The number of anilines is 3. The molecular weight excluding hydrogens is 404 g/mol. The maximum atomic E-state index is 13.3. The molecule has 170 valence electrons. The minimum Gasteiger partial charge on any atom is -0.336 e. The summed E-state index contributed by atoms with van der Waals surface area (Å²) in [7, 11) is 0. The number of pyridine rings is 1. The Kier molecular flexibility index (Phi) is 7.02. The molecule has 32 heavy (non-hydrogen) atoms. The third kappa shape index (κ3) is 4.61. The highest BCUT2D eigenvalue weighted by atomic mass is 16.2. The Morgan fingerprint density at radius 2 is 2.03 bits per heavy atom. The number of para-hydroxylation sites is 1. The fourth-order valence-electron chi connectivity index (χ4n) is 4.60. The Morgan fingerprint density at radius 1 is 1.22 bits per heavy atom. The summed E-state index contributed by atoms with van der Waals surface area (Å²) in [6.45, 7) is 10.0. The van der Waals surface area contributed by atoms with Gasteiger partial charge in [-0.2, -0.15) is 0 Å². The molecular formula is C24H32N6O2. The van der Waals surface area contributed by atoms with E-state index in [2.05, 4.69) is 39.3 Å². The first kappa shape index (κ1) is 22.2. The SMILES string of the molecule is CCN(CC)C[C@H]1CCCN1CCNC(=O)N1c2ccccc2C(=O)Nc2cccnc21. The number of carbonyl (C=O) groups is 2. The van der Waals surface area contributed by atoms with Crippen molar-refractivity contribution in [2.24, 2.45) is 0 Å². The van der Waals surface area contributed by atoms with Crippen LogP contribution in [0.1, 0.15) is 37.0 Å². The van der Waals surface area contributed by atoms with Gasteiger partial charge in [-0.25, -0.2) is 14.7 Å². The van der Waals surface area contributed by atoms with Gasteiger partial charge >= 0.3 is 6.03 Å². The lowest BCUT2D eigenvalue weighted by atomic mass is 10.1. The zero-order valence-electron chi connectivity index (χ0n) is 18.9. The van der Waals surface area contributed by atoms with Gasteiger partial charge in [-0.15, -0.1) is 0 Å². The van der Waals surface area contributed by atoms with Gasteiger partial charge in [0.15, 0.2) is 5.82 Å². The highest BCUT2D eigenvalue weighted by molar-refractivity contribution is 6.16. The van der Waals surface area contributed by atoms with Crippen LogP contribution in [0.2, 0.25) is 0 Å². The molecule has 1 aromatic heterocycles. The number of aromatic nitrogens is 1. The minimum atomic E-state index is -0.284. The predicted molar refractivity (Wildman–Crippen MR) is 127 cm³/mol. The van der Waals surface area contributed by atoms with Gasteiger partial charge in [-0.3, -0.25) is 9.69 Å². The highest BCUT2D eigenvalue weighted by Crippen LogP contribution is 2.35. The number of carbonyl (C=O) groups excluding carboxylic acids is 2. The average Bonchev–Trinajstić information content (AvgIpc) is 3.20. The van der Waals surface area contributed by atoms with Crippen LogP contribution in [-0.2, 0) is 0 Å². The molecule has 0 unspecified atom stereocenters. The zero-order chi connectivity index (χ0) is 22.5. The van der Waals surface area contributed by atoms with E-state index in [1.807, 2.05) is 6.07 Å². The normalized spacial score (nSPS) is 18.2. The number of nitrogens with zero attached hydrogens (tertiary/aromatic N) is 4. The predicted octanol–water partition coefficient (Wildman–Crippen LogP) is 3.30. The van der Waals surface area contributed by atoms with E-state index in [0.717, 1.165) is 32.7 Å². The number of fused-ring (bicyclic) bond motifs is 2. The zero-order valence-corrected chi connectivity index (χ0v) is 18.9. The van der Waals surface area contributed by atoms with Crippen LogP contribution in [0.4, 0.5) is 22.0 Å². The topological polar surface area (TPSA) is 80.8 Å². The van der Waals surface area contributed by atoms with Crippen LogP contribution in [0.25, 0.3) is 0 Å². The summed E-state index contributed by atoms with van der Waals surface area (Å²) in [6.07, 6.45) is 4.03. The van der Waals surface area contributed by atoms with E-state index in [0.29, 0.717) is 35.3 Å². The number of rotatable bonds is 7. The fourth-order valence-corrected chi connectivity index (χ4v) is 4.60. The van der Waals surface area contributed by atoms with Gasteiger partial charge in [0, 0.05) is 31.9 Å². The number of likely N-dealkylation sites (tertiary alicyclic amines) is 1. The summed E-state index contributed by atoms with van der Waals surface area (Å²) >= 11 is 0. The second-order valence-electron chi connectivity index (χ2n) is 8.23. The first-order valence-corrected chi connectivity index (χ1v) is 11.5. The molecule has 0 aliphatic carbocycles. The number of hydrogen-bond acceptors (Lipinski definition) is 5. The molecule has 8 nitrogen and oxygen atoms in total. The van der Waals surface area contributed by atoms with E-state index in [9.17, 15) is 9.59 Å². The Morgan fingerprint density at radius 3 is 2.84 bits per heavy atom. The second-order valence-corrected chi connectivity index (χ2v) is 8.23. The van der Waals surface area contributed by atoms with E-state index >= 15 is 0 Å². The molecule has 1 fully saturated rings. The van der Waals surface area contributed by atoms with Crippen molar-refractivity contribution in [2.45, 2.75) is 32.7 Å². The molecule has 0 spiro atoms. The molecule has 3 amide bonds. The first-order valence-electron chi connectivity index (χ1n) is 11.5. The molecule has 0 saturated carbocycles. The van der Waals surface area contributed by atoms with Crippen LogP contribution < -0.4 is 15.5 Å². The molecule has 1 atom stereocenters. The summed E-state index contributed by atoms with van der Waals surface area (Å²) < 4.78 is 0. The third-order valence-corrected chi connectivity index (χ3v) is 6.38. The van der Waals surface area contributed by atoms with Crippen LogP contribution >= 0.6 is 0 Å². The van der Waals surface area contributed by atoms with Gasteiger partial charge in [0.05, 0.1) is 16.9 Å². The summed E-state index contributed by atoms with van der Waals surface area (Å²) in [5, 5.41) is 5.92.